The maximum atomic E-state index is 14.4. The van der Waals surface area contributed by atoms with Gasteiger partial charge in [-0.2, -0.15) is 0 Å². The van der Waals surface area contributed by atoms with Crippen molar-refractivity contribution >= 4 is 23.7 Å². The number of carbonyl (C=O) groups is 2. The molecule has 0 bridgehead atoms. The molecule has 2 heterocycles. The molecule has 0 radical (unpaired) electrons. The van der Waals surface area contributed by atoms with E-state index in [1.807, 2.05) is 0 Å². The zero-order valence-electron chi connectivity index (χ0n) is 16.5. The molecule has 1 fully saturated rings. The van der Waals surface area contributed by atoms with Gasteiger partial charge in [0.1, 0.15) is 11.9 Å². The predicted molar refractivity (Wildman–Crippen MR) is 110 cm³/mol. The van der Waals surface area contributed by atoms with Crippen molar-refractivity contribution in [2.24, 2.45) is 4.99 Å². The molecule has 3 atom stereocenters. The Morgan fingerprint density at radius 1 is 1.17 bits per heavy atom. The number of anilines is 1. The second-order valence-electron chi connectivity index (χ2n) is 7.61. The van der Waals surface area contributed by atoms with Crippen LogP contribution in [0.1, 0.15) is 41.6 Å². The second-order valence-corrected chi connectivity index (χ2v) is 7.61. The first-order valence-corrected chi connectivity index (χ1v) is 10.2. The lowest BCUT2D eigenvalue weighted by Gasteiger charge is -2.31. The van der Waals surface area contributed by atoms with Gasteiger partial charge in [-0.3, -0.25) is 14.6 Å². The third kappa shape index (κ3) is 3.60. The van der Waals surface area contributed by atoms with Crippen molar-refractivity contribution in [2.75, 3.05) is 24.5 Å². The molecule has 2 aliphatic heterocycles. The topological polar surface area (TPSA) is 54.2 Å². The van der Waals surface area contributed by atoms with Crippen LogP contribution in [0.2, 0.25) is 0 Å². The van der Waals surface area contributed by atoms with E-state index >= 15 is 0 Å². The van der Waals surface area contributed by atoms with Crippen molar-refractivity contribution in [1.29, 1.82) is 0 Å². The van der Waals surface area contributed by atoms with Crippen LogP contribution in [0.5, 0.6) is 0 Å². The Hall–Kier alpha value is -2.86. The van der Waals surface area contributed by atoms with Gasteiger partial charge in [-0.15, -0.1) is 0 Å². The Bertz CT molecular complexity index is 959. The number of nitrogens with one attached hydrogen (secondary N) is 1. The SMILES string of the molecule is CC[NH+]1CCC[C@@H]1CN=CC1C(=O)N(c2ccccc2F)C(=O)c2ccccc21. The summed E-state index contributed by atoms with van der Waals surface area (Å²) in [5, 5.41) is 0. The molecular weight excluding hydrogens is 369 g/mol. The zero-order chi connectivity index (χ0) is 20.4. The van der Waals surface area contributed by atoms with Crippen LogP contribution in [0.15, 0.2) is 53.5 Å². The molecule has 0 aliphatic carbocycles. The van der Waals surface area contributed by atoms with Gasteiger partial charge in [-0.05, 0) is 30.7 Å². The third-order valence-electron chi connectivity index (χ3n) is 5.97. The van der Waals surface area contributed by atoms with Crippen LogP contribution in [0, 0.1) is 5.82 Å². The Morgan fingerprint density at radius 3 is 2.72 bits per heavy atom. The third-order valence-corrected chi connectivity index (χ3v) is 5.97. The van der Waals surface area contributed by atoms with Gasteiger partial charge in [0.25, 0.3) is 5.91 Å². The van der Waals surface area contributed by atoms with Crippen molar-refractivity contribution < 1.29 is 18.9 Å². The normalized spacial score (nSPS) is 24.3. The van der Waals surface area contributed by atoms with E-state index in [9.17, 15) is 14.0 Å². The van der Waals surface area contributed by atoms with Crippen molar-refractivity contribution in [2.45, 2.75) is 31.7 Å². The molecule has 2 aliphatic rings. The fourth-order valence-corrected chi connectivity index (χ4v) is 4.42. The number of fused-ring (bicyclic) bond motifs is 1. The van der Waals surface area contributed by atoms with E-state index in [0.717, 1.165) is 24.4 Å². The fourth-order valence-electron chi connectivity index (χ4n) is 4.42. The first-order valence-electron chi connectivity index (χ1n) is 10.2. The van der Waals surface area contributed by atoms with Gasteiger partial charge in [0.05, 0.1) is 31.2 Å². The Labute approximate surface area is 169 Å². The highest BCUT2D eigenvalue weighted by atomic mass is 19.1. The number of hydrogen-bond acceptors (Lipinski definition) is 3. The average molecular weight is 394 g/mol. The molecule has 1 saturated heterocycles. The van der Waals surface area contributed by atoms with Crippen molar-refractivity contribution in [3.05, 3.63) is 65.5 Å². The number of likely N-dealkylation sites (tertiary alicyclic amines) is 1. The Kier molecular flexibility index (Phi) is 5.53. The molecule has 29 heavy (non-hydrogen) atoms. The van der Waals surface area contributed by atoms with Crippen LogP contribution in [0.25, 0.3) is 0 Å². The zero-order valence-corrected chi connectivity index (χ0v) is 16.5. The predicted octanol–water partition coefficient (Wildman–Crippen LogP) is 2.23. The number of halogens is 1. The largest absolute Gasteiger partial charge is 0.331 e. The van der Waals surface area contributed by atoms with Gasteiger partial charge >= 0.3 is 0 Å². The summed E-state index contributed by atoms with van der Waals surface area (Å²) in [4.78, 5) is 33.3. The molecule has 2 amide bonds. The number of nitrogens with zero attached hydrogens (tertiary/aromatic N) is 2. The highest BCUT2D eigenvalue weighted by molar-refractivity contribution is 6.29. The maximum Gasteiger partial charge on any atom is 0.265 e. The molecule has 2 aromatic rings. The molecule has 1 N–H and O–H groups in total. The van der Waals surface area contributed by atoms with Gasteiger partial charge in [-0.1, -0.05) is 30.3 Å². The highest BCUT2D eigenvalue weighted by Crippen LogP contribution is 2.33. The summed E-state index contributed by atoms with van der Waals surface area (Å²) in [6, 6.07) is 13.3. The Morgan fingerprint density at radius 2 is 1.93 bits per heavy atom. The molecule has 5 nitrogen and oxygen atoms in total. The number of benzene rings is 2. The standard InChI is InChI=1S/C23H24FN3O2/c1-2-26-13-7-8-16(26)14-25-15-19-17-9-3-4-10-18(17)22(28)27(23(19)29)21-12-6-5-11-20(21)24/h3-6,9-12,15-16,19H,2,7-8,13-14H2,1H3/p+1/t16-,19?/m1/s1. The molecule has 4 rings (SSSR count). The first kappa shape index (κ1) is 19.5. The van der Waals surface area contributed by atoms with Crippen LogP contribution in [0.3, 0.4) is 0 Å². The minimum atomic E-state index is -0.699. The monoisotopic (exact) mass is 394 g/mol. The molecule has 6 heteroatoms. The molecule has 0 spiro atoms. The van der Waals surface area contributed by atoms with Crippen molar-refractivity contribution in [3.63, 3.8) is 0 Å². The summed E-state index contributed by atoms with van der Waals surface area (Å²) in [6.45, 7) is 5.07. The molecule has 2 unspecified atom stereocenters. The molecule has 2 aromatic carbocycles. The van der Waals surface area contributed by atoms with Gasteiger partial charge in [0, 0.05) is 24.6 Å². The quantitative estimate of drug-likeness (QED) is 0.625. The molecule has 0 saturated carbocycles. The number of aliphatic imine (C=N–C) groups is 1. The van der Waals surface area contributed by atoms with E-state index in [4.69, 9.17) is 0 Å². The fraction of sp³-hybridized carbons (Fsp3) is 0.348. The van der Waals surface area contributed by atoms with Gasteiger partial charge in [0.2, 0.25) is 5.91 Å². The lowest BCUT2D eigenvalue weighted by molar-refractivity contribution is -0.908. The molecule has 0 aromatic heterocycles. The lowest BCUT2D eigenvalue weighted by Crippen LogP contribution is -3.13. The minimum Gasteiger partial charge on any atom is -0.331 e. The lowest BCUT2D eigenvalue weighted by atomic mass is 9.89. The summed E-state index contributed by atoms with van der Waals surface area (Å²) in [6.07, 6.45) is 3.98. The smallest absolute Gasteiger partial charge is 0.265 e. The first-order chi connectivity index (χ1) is 14.1. The number of likely N-dealkylation sites (N-methyl/N-ethyl adjacent to an activating group) is 1. The summed E-state index contributed by atoms with van der Waals surface area (Å²) < 4.78 is 14.4. The van der Waals surface area contributed by atoms with Crippen LogP contribution >= 0.6 is 0 Å². The van der Waals surface area contributed by atoms with E-state index < -0.39 is 23.5 Å². The summed E-state index contributed by atoms with van der Waals surface area (Å²) >= 11 is 0. The summed E-state index contributed by atoms with van der Waals surface area (Å²) in [7, 11) is 0. The average Bonchev–Trinajstić information content (AvgIpc) is 3.19. The van der Waals surface area contributed by atoms with Crippen LogP contribution in [-0.4, -0.2) is 43.7 Å². The van der Waals surface area contributed by atoms with Crippen LogP contribution in [0.4, 0.5) is 10.1 Å². The number of rotatable bonds is 5. The maximum absolute atomic E-state index is 14.4. The van der Waals surface area contributed by atoms with Crippen molar-refractivity contribution in [3.8, 4) is 0 Å². The van der Waals surface area contributed by atoms with Crippen LogP contribution < -0.4 is 9.80 Å². The van der Waals surface area contributed by atoms with E-state index in [2.05, 4.69) is 11.9 Å². The van der Waals surface area contributed by atoms with Gasteiger partial charge < -0.3 is 4.90 Å². The minimum absolute atomic E-state index is 0.0206. The number of imide groups is 1. The number of carbonyl (C=O) groups excluding carboxylic acids is 2. The number of hydrogen-bond donors (Lipinski definition) is 1. The number of para-hydroxylation sites is 1. The number of quaternary nitrogens is 1. The highest BCUT2D eigenvalue weighted by Gasteiger charge is 2.39. The summed E-state index contributed by atoms with van der Waals surface area (Å²) in [5.74, 6) is -2.26. The Balaban J connectivity index is 1.66. The van der Waals surface area contributed by atoms with E-state index in [-0.39, 0.29) is 5.69 Å². The van der Waals surface area contributed by atoms with Crippen molar-refractivity contribution in [1.82, 2.24) is 0 Å². The van der Waals surface area contributed by atoms with Crippen LogP contribution in [-0.2, 0) is 4.79 Å². The van der Waals surface area contributed by atoms with E-state index in [0.29, 0.717) is 23.7 Å². The van der Waals surface area contributed by atoms with E-state index in [1.54, 1.807) is 41.4 Å². The van der Waals surface area contributed by atoms with Gasteiger partial charge in [0.15, 0.2) is 0 Å². The van der Waals surface area contributed by atoms with Gasteiger partial charge in [-0.25, -0.2) is 9.29 Å². The second kappa shape index (κ2) is 8.25. The number of amides is 2. The molecular formula is C23H25FN3O2+. The molecule has 150 valence electrons. The van der Waals surface area contributed by atoms with E-state index in [1.165, 1.54) is 24.6 Å². The summed E-state index contributed by atoms with van der Waals surface area (Å²) in [5.41, 5.74) is 1.02.